The van der Waals surface area contributed by atoms with Gasteiger partial charge < -0.3 is 19.5 Å². The number of amides is 1. The van der Waals surface area contributed by atoms with Crippen molar-refractivity contribution in [2.45, 2.75) is 38.1 Å². The Labute approximate surface area is 206 Å². The number of fused-ring (bicyclic) bond motifs is 1. The van der Waals surface area contributed by atoms with Gasteiger partial charge in [-0.3, -0.25) is 4.79 Å². The summed E-state index contributed by atoms with van der Waals surface area (Å²) in [5.74, 6) is 2.44. The van der Waals surface area contributed by atoms with Crippen molar-refractivity contribution in [2.24, 2.45) is 5.92 Å². The summed E-state index contributed by atoms with van der Waals surface area (Å²) in [5.41, 5.74) is 0.943. The molecule has 188 valence electrons. The van der Waals surface area contributed by atoms with Crippen LogP contribution in [0.25, 0.3) is 16.7 Å². The average molecular weight is 500 g/mol. The van der Waals surface area contributed by atoms with E-state index in [9.17, 15) is 13.2 Å². The minimum atomic E-state index is -3.00. The van der Waals surface area contributed by atoms with E-state index in [-0.39, 0.29) is 23.6 Å². The lowest BCUT2D eigenvalue weighted by atomic mass is 9.85. The Hall–Kier alpha value is -3.14. The van der Waals surface area contributed by atoms with Gasteiger partial charge in [0.2, 0.25) is 11.9 Å². The van der Waals surface area contributed by atoms with Crippen LogP contribution < -0.4 is 10.1 Å². The second kappa shape index (κ2) is 10.6. The molecule has 0 spiro atoms. The van der Waals surface area contributed by atoms with E-state index in [4.69, 9.17) is 9.72 Å². The Morgan fingerprint density at radius 1 is 1.17 bits per heavy atom. The van der Waals surface area contributed by atoms with Gasteiger partial charge in [-0.25, -0.2) is 13.4 Å². The van der Waals surface area contributed by atoms with E-state index >= 15 is 0 Å². The van der Waals surface area contributed by atoms with Gasteiger partial charge in [0.25, 0.3) is 0 Å². The summed E-state index contributed by atoms with van der Waals surface area (Å²) in [5, 5.41) is 4.38. The second-order valence-electron chi connectivity index (χ2n) is 9.37. The van der Waals surface area contributed by atoms with E-state index in [0.29, 0.717) is 24.7 Å². The highest BCUT2D eigenvalue weighted by Crippen LogP contribution is 2.30. The fourth-order valence-corrected chi connectivity index (χ4v) is 5.20. The van der Waals surface area contributed by atoms with Crippen molar-refractivity contribution >= 4 is 32.6 Å². The number of ether oxygens (including phenoxy) is 1. The minimum absolute atomic E-state index is 0.101. The quantitative estimate of drug-likeness (QED) is 0.450. The number of sulfone groups is 1. The molecule has 0 bridgehead atoms. The van der Waals surface area contributed by atoms with Crippen molar-refractivity contribution in [3.8, 4) is 11.6 Å². The SMILES string of the molecule is CN(C)C(=O)C1CCC(Nc2nccc(-n3ccc4c(OCCCS(C)(=O)=O)cccc43)n2)CC1. The average Bonchev–Trinajstić information content (AvgIpc) is 3.26. The van der Waals surface area contributed by atoms with Gasteiger partial charge in [-0.15, -0.1) is 0 Å². The van der Waals surface area contributed by atoms with Crippen LogP contribution in [-0.4, -0.2) is 72.5 Å². The molecular weight excluding hydrogens is 466 g/mol. The summed E-state index contributed by atoms with van der Waals surface area (Å²) >= 11 is 0. The van der Waals surface area contributed by atoms with E-state index in [2.05, 4.69) is 10.3 Å². The Morgan fingerprint density at radius 3 is 2.66 bits per heavy atom. The fraction of sp³-hybridized carbons (Fsp3) is 0.480. The number of nitrogens with zero attached hydrogens (tertiary/aromatic N) is 4. The molecule has 0 unspecified atom stereocenters. The number of carbonyl (C=O) groups is 1. The van der Waals surface area contributed by atoms with Crippen LogP contribution in [0.4, 0.5) is 5.95 Å². The monoisotopic (exact) mass is 499 g/mol. The molecule has 3 aromatic rings. The number of anilines is 1. The summed E-state index contributed by atoms with van der Waals surface area (Å²) in [6.07, 6.45) is 8.90. The maximum atomic E-state index is 12.2. The number of carbonyl (C=O) groups excluding carboxylic acids is 1. The number of aromatic nitrogens is 3. The molecule has 1 N–H and O–H groups in total. The number of hydrogen-bond acceptors (Lipinski definition) is 7. The van der Waals surface area contributed by atoms with Gasteiger partial charge in [0, 0.05) is 50.1 Å². The first-order chi connectivity index (χ1) is 16.7. The van der Waals surface area contributed by atoms with Crippen LogP contribution >= 0.6 is 0 Å². The Balaban J connectivity index is 1.43. The van der Waals surface area contributed by atoms with E-state index < -0.39 is 9.84 Å². The molecule has 2 heterocycles. The van der Waals surface area contributed by atoms with Crippen molar-refractivity contribution in [2.75, 3.05) is 38.0 Å². The Bertz CT molecular complexity index is 1280. The van der Waals surface area contributed by atoms with Crippen molar-refractivity contribution in [1.82, 2.24) is 19.4 Å². The standard InChI is InChI=1S/C25H33N5O4S/c1-29(2)24(31)18-8-10-19(11-9-18)27-25-26-14-12-23(28-25)30-15-13-20-21(30)6-4-7-22(20)34-16-5-17-35(3,32)33/h4,6-7,12-15,18-19H,5,8-11,16-17H2,1-3H3,(H,26,27,28). The topological polar surface area (TPSA) is 106 Å². The Kier molecular flexibility index (Phi) is 7.59. The maximum absolute atomic E-state index is 12.2. The summed E-state index contributed by atoms with van der Waals surface area (Å²) in [7, 11) is 0.622. The predicted octanol–water partition coefficient (Wildman–Crippen LogP) is 3.29. The molecule has 0 atom stereocenters. The van der Waals surface area contributed by atoms with Crippen LogP contribution in [0, 0.1) is 5.92 Å². The molecule has 0 aliphatic heterocycles. The number of rotatable bonds is 9. The molecule has 1 fully saturated rings. The lowest BCUT2D eigenvalue weighted by molar-refractivity contribution is -0.133. The molecule has 1 saturated carbocycles. The van der Waals surface area contributed by atoms with Gasteiger partial charge in [0.15, 0.2) is 0 Å². The predicted molar refractivity (Wildman–Crippen MR) is 137 cm³/mol. The molecule has 1 aliphatic carbocycles. The van der Waals surface area contributed by atoms with Crippen LogP contribution in [0.3, 0.4) is 0 Å². The fourth-order valence-electron chi connectivity index (χ4n) is 4.55. The number of benzene rings is 1. The van der Waals surface area contributed by atoms with E-state index in [1.54, 1.807) is 11.1 Å². The zero-order chi connectivity index (χ0) is 25.0. The van der Waals surface area contributed by atoms with Gasteiger partial charge in [-0.2, -0.15) is 4.98 Å². The summed E-state index contributed by atoms with van der Waals surface area (Å²) in [6, 6.07) is 9.87. The Morgan fingerprint density at radius 2 is 1.94 bits per heavy atom. The van der Waals surface area contributed by atoms with Crippen LogP contribution in [0.1, 0.15) is 32.1 Å². The van der Waals surface area contributed by atoms with Gasteiger partial charge in [0.1, 0.15) is 21.4 Å². The summed E-state index contributed by atoms with van der Waals surface area (Å²) in [6.45, 7) is 0.335. The number of hydrogen-bond donors (Lipinski definition) is 1. The van der Waals surface area contributed by atoms with Crippen molar-refractivity contribution in [3.63, 3.8) is 0 Å². The van der Waals surface area contributed by atoms with Crippen molar-refractivity contribution in [1.29, 1.82) is 0 Å². The maximum Gasteiger partial charge on any atom is 0.225 e. The lowest BCUT2D eigenvalue weighted by Crippen LogP contribution is -2.35. The van der Waals surface area contributed by atoms with Crippen LogP contribution in [0.2, 0.25) is 0 Å². The lowest BCUT2D eigenvalue weighted by Gasteiger charge is -2.29. The van der Waals surface area contributed by atoms with E-state index in [1.165, 1.54) is 6.26 Å². The van der Waals surface area contributed by atoms with Crippen molar-refractivity contribution in [3.05, 3.63) is 42.7 Å². The molecule has 1 aliphatic rings. The number of nitrogens with one attached hydrogen (secondary N) is 1. The molecule has 35 heavy (non-hydrogen) atoms. The third-order valence-electron chi connectivity index (χ3n) is 6.35. The molecule has 0 radical (unpaired) electrons. The summed E-state index contributed by atoms with van der Waals surface area (Å²) in [4.78, 5) is 23.0. The molecular formula is C25H33N5O4S. The largest absolute Gasteiger partial charge is 0.493 e. The van der Waals surface area contributed by atoms with Crippen molar-refractivity contribution < 1.29 is 17.9 Å². The summed E-state index contributed by atoms with van der Waals surface area (Å²) < 4.78 is 30.5. The van der Waals surface area contributed by atoms with Gasteiger partial charge in [-0.1, -0.05) is 6.07 Å². The molecule has 0 saturated heterocycles. The van der Waals surface area contributed by atoms with Crippen LogP contribution in [-0.2, 0) is 14.6 Å². The smallest absolute Gasteiger partial charge is 0.225 e. The zero-order valence-electron chi connectivity index (χ0n) is 20.5. The van der Waals surface area contributed by atoms with Crippen LogP contribution in [0.15, 0.2) is 42.7 Å². The molecule has 4 rings (SSSR count). The van der Waals surface area contributed by atoms with Gasteiger partial charge in [-0.05, 0) is 56.4 Å². The van der Waals surface area contributed by atoms with E-state index in [0.717, 1.165) is 42.4 Å². The molecule has 1 amide bonds. The molecule has 9 nitrogen and oxygen atoms in total. The van der Waals surface area contributed by atoms with Crippen LogP contribution in [0.5, 0.6) is 5.75 Å². The highest BCUT2D eigenvalue weighted by Gasteiger charge is 2.27. The highest BCUT2D eigenvalue weighted by molar-refractivity contribution is 7.90. The first kappa shape index (κ1) is 25.0. The molecule has 10 heteroatoms. The second-order valence-corrected chi connectivity index (χ2v) is 11.6. The van der Waals surface area contributed by atoms with E-state index in [1.807, 2.05) is 55.2 Å². The third kappa shape index (κ3) is 6.30. The minimum Gasteiger partial charge on any atom is -0.493 e. The highest BCUT2D eigenvalue weighted by atomic mass is 32.2. The molecule has 2 aromatic heterocycles. The zero-order valence-corrected chi connectivity index (χ0v) is 21.3. The third-order valence-corrected chi connectivity index (χ3v) is 7.38. The van der Waals surface area contributed by atoms with Gasteiger partial charge in [0.05, 0.1) is 17.9 Å². The normalized spacial score (nSPS) is 18.4. The van der Waals surface area contributed by atoms with Gasteiger partial charge >= 0.3 is 0 Å². The first-order valence-corrected chi connectivity index (χ1v) is 14.0. The first-order valence-electron chi connectivity index (χ1n) is 11.9. The molecule has 1 aromatic carbocycles.